The maximum Gasteiger partial charge on any atom is 0.226 e. The van der Waals surface area contributed by atoms with Gasteiger partial charge in [-0.15, -0.1) is 0 Å². The standard InChI is InChI=1S/C16H21FN2O/c1-10-8-13(18)6-7-19(10)16(20)15-9-14(15)11-2-4-12(17)5-3-11/h2-5,10,13-15H,6-9,18H2,1H3/t10-,13-,14+,15+/m1/s1. The third-order valence-electron chi connectivity index (χ3n) is 4.61. The maximum atomic E-state index is 12.9. The van der Waals surface area contributed by atoms with E-state index < -0.39 is 0 Å². The molecule has 1 aliphatic carbocycles. The van der Waals surface area contributed by atoms with Crippen molar-refractivity contribution in [3.05, 3.63) is 35.6 Å². The molecule has 3 nitrogen and oxygen atoms in total. The molecule has 0 bridgehead atoms. The van der Waals surface area contributed by atoms with E-state index in [9.17, 15) is 9.18 Å². The van der Waals surface area contributed by atoms with Gasteiger partial charge in [-0.1, -0.05) is 12.1 Å². The van der Waals surface area contributed by atoms with Gasteiger partial charge in [0.2, 0.25) is 5.91 Å². The molecule has 108 valence electrons. The third kappa shape index (κ3) is 2.57. The van der Waals surface area contributed by atoms with E-state index in [0.717, 1.165) is 31.4 Å². The third-order valence-corrected chi connectivity index (χ3v) is 4.61. The largest absolute Gasteiger partial charge is 0.340 e. The summed E-state index contributed by atoms with van der Waals surface area (Å²) in [5.74, 6) is 0.373. The van der Waals surface area contributed by atoms with Crippen molar-refractivity contribution >= 4 is 5.91 Å². The summed E-state index contributed by atoms with van der Waals surface area (Å²) in [5.41, 5.74) is 7.01. The smallest absolute Gasteiger partial charge is 0.226 e. The fraction of sp³-hybridized carbons (Fsp3) is 0.562. The lowest BCUT2D eigenvalue weighted by Crippen LogP contribution is -2.49. The SMILES string of the molecule is C[C@@H]1C[C@H](N)CCN1C(=O)[C@H]1C[C@H]1c1ccc(F)cc1. The van der Waals surface area contributed by atoms with E-state index >= 15 is 0 Å². The van der Waals surface area contributed by atoms with Crippen molar-refractivity contribution in [2.24, 2.45) is 11.7 Å². The molecule has 1 saturated heterocycles. The van der Waals surface area contributed by atoms with E-state index in [0.29, 0.717) is 0 Å². The summed E-state index contributed by atoms with van der Waals surface area (Å²) >= 11 is 0. The average Bonchev–Trinajstić information content (AvgIpc) is 3.19. The number of nitrogens with zero attached hydrogens (tertiary/aromatic N) is 1. The minimum Gasteiger partial charge on any atom is -0.340 e. The molecule has 1 heterocycles. The molecule has 1 amide bonds. The van der Waals surface area contributed by atoms with Gasteiger partial charge in [-0.3, -0.25) is 4.79 Å². The van der Waals surface area contributed by atoms with Crippen LogP contribution in [0.2, 0.25) is 0 Å². The van der Waals surface area contributed by atoms with E-state index in [-0.39, 0.29) is 35.6 Å². The van der Waals surface area contributed by atoms with Crippen LogP contribution in [0.1, 0.15) is 37.7 Å². The molecule has 0 spiro atoms. The van der Waals surface area contributed by atoms with Gasteiger partial charge in [-0.05, 0) is 49.8 Å². The van der Waals surface area contributed by atoms with Crippen LogP contribution in [0, 0.1) is 11.7 Å². The zero-order valence-electron chi connectivity index (χ0n) is 11.8. The van der Waals surface area contributed by atoms with Crippen LogP contribution in [-0.2, 0) is 4.79 Å². The minimum atomic E-state index is -0.226. The number of nitrogens with two attached hydrogens (primary N) is 1. The van der Waals surface area contributed by atoms with E-state index in [1.165, 1.54) is 12.1 Å². The van der Waals surface area contributed by atoms with Gasteiger partial charge in [0.25, 0.3) is 0 Å². The molecule has 1 aromatic rings. The topological polar surface area (TPSA) is 46.3 Å². The molecule has 1 saturated carbocycles. The highest BCUT2D eigenvalue weighted by atomic mass is 19.1. The normalized spacial score (nSPS) is 33.0. The predicted octanol–water partition coefficient (Wildman–Crippen LogP) is 2.27. The zero-order chi connectivity index (χ0) is 14.3. The molecule has 20 heavy (non-hydrogen) atoms. The molecule has 0 radical (unpaired) electrons. The summed E-state index contributed by atoms with van der Waals surface area (Å²) in [6, 6.07) is 6.99. The van der Waals surface area contributed by atoms with Crippen LogP contribution in [0.15, 0.2) is 24.3 Å². The second-order valence-electron chi connectivity index (χ2n) is 6.17. The van der Waals surface area contributed by atoms with Crippen LogP contribution >= 0.6 is 0 Å². The fourth-order valence-electron chi connectivity index (χ4n) is 3.30. The Hall–Kier alpha value is -1.42. The highest BCUT2D eigenvalue weighted by molar-refractivity contribution is 5.83. The van der Waals surface area contributed by atoms with Crippen molar-refractivity contribution in [2.75, 3.05) is 6.54 Å². The summed E-state index contributed by atoms with van der Waals surface area (Å²) in [4.78, 5) is 14.5. The summed E-state index contributed by atoms with van der Waals surface area (Å²) in [5, 5.41) is 0. The Bertz CT molecular complexity index is 502. The van der Waals surface area contributed by atoms with Crippen LogP contribution in [0.3, 0.4) is 0 Å². The lowest BCUT2D eigenvalue weighted by molar-refractivity contribution is -0.136. The predicted molar refractivity (Wildman–Crippen MR) is 75.6 cm³/mol. The molecule has 2 N–H and O–H groups in total. The minimum absolute atomic E-state index is 0.0808. The van der Waals surface area contributed by atoms with Crippen molar-refractivity contribution in [1.29, 1.82) is 0 Å². The van der Waals surface area contributed by atoms with Crippen LogP contribution in [0.4, 0.5) is 4.39 Å². The molecular formula is C16H21FN2O. The molecule has 0 unspecified atom stereocenters. The monoisotopic (exact) mass is 276 g/mol. The molecule has 2 fully saturated rings. The number of hydrogen-bond donors (Lipinski definition) is 1. The number of piperidine rings is 1. The van der Waals surface area contributed by atoms with Crippen molar-refractivity contribution in [2.45, 2.75) is 44.2 Å². The van der Waals surface area contributed by atoms with Crippen LogP contribution in [0.5, 0.6) is 0 Å². The first-order valence-corrected chi connectivity index (χ1v) is 7.38. The number of benzene rings is 1. The number of likely N-dealkylation sites (tertiary alicyclic amines) is 1. The number of amides is 1. The van der Waals surface area contributed by atoms with Gasteiger partial charge in [0, 0.05) is 24.5 Å². The van der Waals surface area contributed by atoms with Gasteiger partial charge in [-0.25, -0.2) is 4.39 Å². The molecule has 4 atom stereocenters. The summed E-state index contributed by atoms with van der Waals surface area (Å²) in [6.07, 6.45) is 2.67. The highest BCUT2D eigenvalue weighted by Crippen LogP contribution is 2.48. The van der Waals surface area contributed by atoms with Gasteiger partial charge in [0.1, 0.15) is 5.82 Å². The molecule has 1 aliphatic heterocycles. The fourth-order valence-corrected chi connectivity index (χ4v) is 3.30. The Morgan fingerprint density at radius 2 is 2.00 bits per heavy atom. The second kappa shape index (κ2) is 5.17. The molecule has 3 rings (SSSR count). The number of carbonyl (C=O) groups excluding carboxylic acids is 1. The second-order valence-corrected chi connectivity index (χ2v) is 6.17. The van der Waals surface area contributed by atoms with Gasteiger partial charge in [-0.2, -0.15) is 0 Å². The van der Waals surface area contributed by atoms with Gasteiger partial charge in [0.05, 0.1) is 0 Å². The van der Waals surface area contributed by atoms with Crippen molar-refractivity contribution in [3.63, 3.8) is 0 Å². The summed E-state index contributed by atoms with van der Waals surface area (Å²) in [7, 11) is 0. The Morgan fingerprint density at radius 3 is 2.65 bits per heavy atom. The number of rotatable bonds is 2. The lowest BCUT2D eigenvalue weighted by atomic mass is 9.98. The van der Waals surface area contributed by atoms with E-state index in [2.05, 4.69) is 6.92 Å². The first-order valence-electron chi connectivity index (χ1n) is 7.38. The summed E-state index contributed by atoms with van der Waals surface area (Å²) in [6.45, 7) is 2.85. The van der Waals surface area contributed by atoms with Gasteiger partial charge >= 0.3 is 0 Å². The average molecular weight is 276 g/mol. The first kappa shape index (κ1) is 13.6. The number of carbonyl (C=O) groups is 1. The lowest BCUT2D eigenvalue weighted by Gasteiger charge is -2.36. The van der Waals surface area contributed by atoms with E-state index in [1.807, 2.05) is 4.90 Å². The van der Waals surface area contributed by atoms with Crippen LogP contribution in [0.25, 0.3) is 0 Å². The zero-order valence-corrected chi connectivity index (χ0v) is 11.8. The maximum absolute atomic E-state index is 12.9. The Kier molecular flexibility index (Phi) is 3.50. The van der Waals surface area contributed by atoms with Crippen molar-refractivity contribution in [3.8, 4) is 0 Å². The van der Waals surface area contributed by atoms with E-state index in [1.54, 1.807) is 12.1 Å². The number of hydrogen-bond acceptors (Lipinski definition) is 2. The molecule has 4 heteroatoms. The first-order chi connectivity index (χ1) is 9.56. The molecule has 0 aromatic heterocycles. The van der Waals surface area contributed by atoms with Crippen LogP contribution in [-0.4, -0.2) is 29.4 Å². The van der Waals surface area contributed by atoms with E-state index in [4.69, 9.17) is 5.73 Å². The summed E-state index contributed by atoms with van der Waals surface area (Å²) < 4.78 is 12.9. The quantitative estimate of drug-likeness (QED) is 0.900. The Balaban J connectivity index is 1.64. The Morgan fingerprint density at radius 1 is 1.30 bits per heavy atom. The number of halogens is 1. The molecular weight excluding hydrogens is 255 g/mol. The van der Waals surface area contributed by atoms with Crippen molar-refractivity contribution in [1.82, 2.24) is 4.90 Å². The highest BCUT2D eigenvalue weighted by Gasteiger charge is 2.46. The van der Waals surface area contributed by atoms with Crippen LogP contribution < -0.4 is 5.73 Å². The molecule has 2 aliphatic rings. The van der Waals surface area contributed by atoms with Gasteiger partial charge in [0.15, 0.2) is 0 Å². The van der Waals surface area contributed by atoms with Gasteiger partial charge < -0.3 is 10.6 Å². The van der Waals surface area contributed by atoms with Crippen molar-refractivity contribution < 1.29 is 9.18 Å². The Labute approximate surface area is 118 Å². The molecule has 1 aromatic carbocycles.